The van der Waals surface area contributed by atoms with E-state index < -0.39 is 4.92 Å². The van der Waals surface area contributed by atoms with Gasteiger partial charge in [0, 0.05) is 18.7 Å². The minimum atomic E-state index is -0.409. The number of nitrogens with two attached hydrogens (primary N) is 1. The lowest BCUT2D eigenvalue weighted by atomic mass is 10.1. The van der Waals surface area contributed by atoms with Gasteiger partial charge in [-0.05, 0) is 12.0 Å². The van der Waals surface area contributed by atoms with Crippen LogP contribution in [0.25, 0.3) is 0 Å². The molecule has 0 fully saturated rings. The molecule has 6 heteroatoms. The normalized spacial score (nSPS) is 11.4. The predicted molar refractivity (Wildman–Crippen MR) is 89.8 cm³/mol. The van der Waals surface area contributed by atoms with Gasteiger partial charge in [-0.1, -0.05) is 51.2 Å². The zero-order valence-electron chi connectivity index (χ0n) is 13.3. The van der Waals surface area contributed by atoms with Gasteiger partial charge < -0.3 is 11.1 Å². The minimum absolute atomic E-state index is 0.0753. The van der Waals surface area contributed by atoms with Crippen molar-refractivity contribution in [3.05, 3.63) is 39.9 Å². The number of aliphatic imine (C=N–C) groups is 1. The smallest absolute Gasteiger partial charge is 0.269 e. The van der Waals surface area contributed by atoms with E-state index in [1.54, 1.807) is 12.1 Å². The van der Waals surface area contributed by atoms with Gasteiger partial charge in [-0.3, -0.25) is 10.1 Å². The Labute approximate surface area is 132 Å². The molecule has 1 aromatic rings. The maximum Gasteiger partial charge on any atom is 0.269 e. The topological polar surface area (TPSA) is 93.5 Å². The van der Waals surface area contributed by atoms with Crippen molar-refractivity contribution in [1.29, 1.82) is 0 Å². The zero-order chi connectivity index (χ0) is 16.2. The Morgan fingerprint density at radius 2 is 2.00 bits per heavy atom. The Morgan fingerprint density at radius 3 is 2.73 bits per heavy atom. The Morgan fingerprint density at radius 1 is 1.27 bits per heavy atom. The Bertz CT molecular complexity index is 489. The molecular formula is C16H26N4O2. The SMILES string of the molecule is CCCCCCCCNC(N)=NCc1cccc([N+](=O)[O-])c1. The van der Waals surface area contributed by atoms with E-state index in [0.717, 1.165) is 18.5 Å². The number of nitrogens with zero attached hydrogens (tertiary/aromatic N) is 2. The van der Waals surface area contributed by atoms with Crippen molar-refractivity contribution >= 4 is 11.6 Å². The van der Waals surface area contributed by atoms with Crippen molar-refractivity contribution in [3.8, 4) is 0 Å². The van der Waals surface area contributed by atoms with E-state index in [-0.39, 0.29) is 5.69 Å². The van der Waals surface area contributed by atoms with Crippen LogP contribution in [0.1, 0.15) is 51.0 Å². The number of hydrogen-bond donors (Lipinski definition) is 2. The van der Waals surface area contributed by atoms with Gasteiger partial charge in [0.05, 0.1) is 11.5 Å². The summed E-state index contributed by atoms with van der Waals surface area (Å²) >= 11 is 0. The molecule has 3 N–H and O–H groups in total. The van der Waals surface area contributed by atoms with Crippen molar-refractivity contribution < 1.29 is 4.92 Å². The lowest BCUT2D eigenvalue weighted by Gasteiger charge is -2.05. The molecule has 0 aliphatic rings. The van der Waals surface area contributed by atoms with Crippen molar-refractivity contribution in [1.82, 2.24) is 5.32 Å². The first-order valence-electron chi connectivity index (χ1n) is 7.90. The van der Waals surface area contributed by atoms with Crippen LogP contribution in [-0.2, 0) is 6.54 Å². The Hall–Kier alpha value is -2.11. The van der Waals surface area contributed by atoms with E-state index in [9.17, 15) is 10.1 Å². The first kappa shape index (κ1) is 17.9. The number of benzene rings is 1. The van der Waals surface area contributed by atoms with Crippen molar-refractivity contribution in [3.63, 3.8) is 0 Å². The fourth-order valence-corrected chi connectivity index (χ4v) is 2.12. The molecule has 0 aromatic heterocycles. The highest BCUT2D eigenvalue weighted by Gasteiger charge is 2.04. The van der Waals surface area contributed by atoms with Gasteiger partial charge >= 0.3 is 0 Å². The molecule has 0 saturated carbocycles. The molecule has 0 unspecified atom stereocenters. The van der Waals surface area contributed by atoms with Crippen molar-refractivity contribution in [2.75, 3.05) is 6.54 Å². The van der Waals surface area contributed by atoms with Gasteiger partial charge in [0.1, 0.15) is 0 Å². The van der Waals surface area contributed by atoms with E-state index in [2.05, 4.69) is 17.2 Å². The number of guanidine groups is 1. The molecule has 0 aliphatic heterocycles. The molecule has 1 aromatic carbocycles. The maximum atomic E-state index is 10.7. The van der Waals surface area contributed by atoms with Crippen LogP contribution < -0.4 is 11.1 Å². The highest BCUT2D eigenvalue weighted by molar-refractivity contribution is 5.77. The van der Waals surface area contributed by atoms with Crippen LogP contribution in [-0.4, -0.2) is 17.4 Å². The Balaban J connectivity index is 2.25. The molecule has 0 bridgehead atoms. The summed E-state index contributed by atoms with van der Waals surface area (Å²) in [5, 5.41) is 13.8. The molecule has 0 amide bonds. The van der Waals surface area contributed by atoms with Crippen LogP contribution in [0.2, 0.25) is 0 Å². The van der Waals surface area contributed by atoms with Gasteiger partial charge in [0.25, 0.3) is 5.69 Å². The summed E-state index contributed by atoms with van der Waals surface area (Å²) in [6, 6.07) is 6.44. The summed E-state index contributed by atoms with van der Waals surface area (Å²) in [6.07, 6.45) is 7.41. The molecular weight excluding hydrogens is 280 g/mol. The number of rotatable bonds is 10. The van der Waals surface area contributed by atoms with Crippen LogP contribution in [0.5, 0.6) is 0 Å². The van der Waals surface area contributed by atoms with Crippen molar-refractivity contribution in [2.45, 2.75) is 52.0 Å². The molecule has 6 nitrogen and oxygen atoms in total. The van der Waals surface area contributed by atoms with E-state index in [4.69, 9.17) is 5.73 Å². The van der Waals surface area contributed by atoms with Crippen LogP contribution >= 0.6 is 0 Å². The average Bonchev–Trinajstić information content (AvgIpc) is 2.52. The van der Waals surface area contributed by atoms with E-state index in [0.29, 0.717) is 12.5 Å². The fourth-order valence-electron chi connectivity index (χ4n) is 2.12. The quantitative estimate of drug-likeness (QED) is 0.228. The van der Waals surface area contributed by atoms with E-state index >= 15 is 0 Å². The summed E-state index contributed by atoms with van der Waals surface area (Å²) in [4.78, 5) is 14.5. The summed E-state index contributed by atoms with van der Waals surface area (Å²) in [5.74, 6) is 0.389. The van der Waals surface area contributed by atoms with Crippen molar-refractivity contribution in [2.24, 2.45) is 10.7 Å². The first-order valence-corrected chi connectivity index (χ1v) is 7.90. The largest absolute Gasteiger partial charge is 0.370 e. The third-order valence-electron chi connectivity index (χ3n) is 3.39. The van der Waals surface area contributed by atoms with Crippen LogP contribution in [0.4, 0.5) is 5.69 Å². The molecule has 1 rings (SSSR count). The number of hydrogen-bond acceptors (Lipinski definition) is 3. The second-order valence-corrected chi connectivity index (χ2v) is 5.32. The summed E-state index contributed by atoms with van der Waals surface area (Å²) in [7, 11) is 0. The first-order chi connectivity index (χ1) is 10.6. The number of nitrogens with one attached hydrogen (secondary N) is 1. The van der Waals surface area contributed by atoms with E-state index in [1.807, 2.05) is 0 Å². The van der Waals surface area contributed by atoms with Gasteiger partial charge in [-0.25, -0.2) is 4.99 Å². The number of unbranched alkanes of at least 4 members (excludes halogenated alkanes) is 5. The van der Waals surface area contributed by atoms with Crippen LogP contribution in [0, 0.1) is 10.1 Å². The van der Waals surface area contributed by atoms with Gasteiger partial charge in [-0.2, -0.15) is 0 Å². The zero-order valence-corrected chi connectivity index (χ0v) is 13.3. The summed E-state index contributed by atoms with van der Waals surface area (Å²) < 4.78 is 0. The maximum absolute atomic E-state index is 10.7. The molecule has 0 spiro atoms. The second kappa shape index (κ2) is 10.6. The Kier molecular flexibility index (Phi) is 8.64. The third-order valence-corrected chi connectivity index (χ3v) is 3.39. The molecule has 0 radical (unpaired) electrons. The number of nitro benzene ring substituents is 1. The average molecular weight is 306 g/mol. The lowest BCUT2D eigenvalue weighted by Crippen LogP contribution is -2.32. The second-order valence-electron chi connectivity index (χ2n) is 5.32. The van der Waals surface area contributed by atoms with Crippen LogP contribution in [0.3, 0.4) is 0 Å². The summed E-state index contributed by atoms with van der Waals surface area (Å²) in [6.45, 7) is 3.37. The highest BCUT2D eigenvalue weighted by atomic mass is 16.6. The van der Waals surface area contributed by atoms with Gasteiger partial charge in [0.15, 0.2) is 5.96 Å². The molecule has 0 aliphatic carbocycles. The fraction of sp³-hybridized carbons (Fsp3) is 0.562. The molecule has 22 heavy (non-hydrogen) atoms. The molecule has 0 saturated heterocycles. The molecule has 0 heterocycles. The van der Waals surface area contributed by atoms with Gasteiger partial charge in [-0.15, -0.1) is 0 Å². The minimum Gasteiger partial charge on any atom is -0.370 e. The summed E-state index contributed by atoms with van der Waals surface area (Å²) in [5.41, 5.74) is 6.64. The monoisotopic (exact) mass is 306 g/mol. The number of nitro groups is 1. The van der Waals surface area contributed by atoms with Gasteiger partial charge in [0.2, 0.25) is 0 Å². The predicted octanol–water partition coefficient (Wildman–Crippen LogP) is 3.36. The molecule has 122 valence electrons. The third kappa shape index (κ3) is 7.61. The van der Waals surface area contributed by atoms with Crippen LogP contribution in [0.15, 0.2) is 29.3 Å². The molecule has 0 atom stereocenters. The lowest BCUT2D eigenvalue weighted by molar-refractivity contribution is -0.384. The standard InChI is InChI=1S/C16H26N4O2/c1-2-3-4-5-6-7-11-18-16(17)19-13-14-9-8-10-15(12-14)20(21)22/h8-10,12H,2-7,11,13H2,1H3,(H3,17,18,19). The highest BCUT2D eigenvalue weighted by Crippen LogP contribution is 2.13. The van der Waals surface area contributed by atoms with E-state index in [1.165, 1.54) is 44.2 Å². The number of non-ortho nitro benzene ring substituents is 1.